The molecule has 1 aliphatic carbocycles. The Kier molecular flexibility index (Phi) is 3.09. The van der Waals surface area contributed by atoms with Crippen molar-refractivity contribution in [3.63, 3.8) is 0 Å². The molecule has 19 heavy (non-hydrogen) atoms. The van der Waals surface area contributed by atoms with Crippen LogP contribution in [-0.4, -0.2) is 22.0 Å². The lowest BCUT2D eigenvalue weighted by Gasteiger charge is -2.41. The summed E-state index contributed by atoms with van der Waals surface area (Å²) in [5.41, 5.74) is 1.43. The van der Waals surface area contributed by atoms with Crippen LogP contribution >= 0.6 is 0 Å². The summed E-state index contributed by atoms with van der Waals surface area (Å²) in [5.74, 6) is 1.05. The second kappa shape index (κ2) is 4.64. The van der Waals surface area contributed by atoms with Crippen LogP contribution in [0.3, 0.4) is 0 Å². The summed E-state index contributed by atoms with van der Waals surface area (Å²) >= 11 is 0. The molecule has 0 aromatic heterocycles. The fourth-order valence-electron chi connectivity index (χ4n) is 3.60. The Balaban J connectivity index is 1.93. The van der Waals surface area contributed by atoms with Gasteiger partial charge in [-0.25, -0.2) is 0 Å². The van der Waals surface area contributed by atoms with Crippen molar-refractivity contribution in [2.75, 3.05) is 0 Å². The number of carbonyl (C=O) groups excluding carboxylic acids is 1. The molecule has 0 radical (unpaired) electrons. The summed E-state index contributed by atoms with van der Waals surface area (Å²) in [7, 11) is 0. The molecule has 4 unspecified atom stereocenters. The molecule has 1 amide bonds. The third kappa shape index (κ3) is 1.88. The number of carbonyl (C=O) groups is 1. The average molecular weight is 259 g/mol. The Morgan fingerprint density at radius 2 is 1.95 bits per heavy atom. The lowest BCUT2D eigenvalue weighted by atomic mass is 9.77. The molecule has 0 saturated heterocycles. The van der Waals surface area contributed by atoms with Gasteiger partial charge in [-0.3, -0.25) is 4.79 Å². The van der Waals surface area contributed by atoms with Gasteiger partial charge < -0.3 is 10.0 Å². The van der Waals surface area contributed by atoms with Crippen molar-refractivity contribution in [3.8, 4) is 0 Å². The number of aliphatic hydroxyl groups is 1. The number of fused-ring (bicyclic) bond motifs is 1. The fraction of sp³-hybridized carbons (Fsp3) is 0.562. The molecule has 4 atom stereocenters. The van der Waals surface area contributed by atoms with E-state index in [-0.39, 0.29) is 11.9 Å². The van der Waals surface area contributed by atoms with Gasteiger partial charge in [0.25, 0.3) is 5.91 Å². The first-order valence-corrected chi connectivity index (χ1v) is 7.21. The first kappa shape index (κ1) is 12.7. The van der Waals surface area contributed by atoms with E-state index < -0.39 is 6.23 Å². The molecule has 0 bridgehead atoms. The molecular weight excluding hydrogens is 238 g/mol. The van der Waals surface area contributed by atoms with Crippen molar-refractivity contribution in [1.82, 2.24) is 4.90 Å². The van der Waals surface area contributed by atoms with E-state index >= 15 is 0 Å². The molecule has 1 heterocycles. The van der Waals surface area contributed by atoms with Crippen molar-refractivity contribution in [2.45, 2.75) is 45.4 Å². The number of benzene rings is 1. The monoisotopic (exact) mass is 259 g/mol. The normalized spacial score (nSPS) is 34.5. The van der Waals surface area contributed by atoms with Crippen LogP contribution in [0.25, 0.3) is 0 Å². The van der Waals surface area contributed by atoms with E-state index in [1.54, 1.807) is 4.90 Å². The van der Waals surface area contributed by atoms with E-state index in [1.165, 1.54) is 6.42 Å². The number of hydrogen-bond acceptors (Lipinski definition) is 2. The molecule has 1 N–H and O–H groups in total. The molecule has 2 aliphatic rings. The van der Waals surface area contributed by atoms with E-state index in [4.69, 9.17) is 0 Å². The maximum absolute atomic E-state index is 12.5. The number of hydrogen-bond donors (Lipinski definition) is 1. The Morgan fingerprint density at radius 3 is 2.68 bits per heavy atom. The van der Waals surface area contributed by atoms with Crippen LogP contribution in [0, 0.1) is 11.8 Å². The number of rotatable bonds is 1. The summed E-state index contributed by atoms with van der Waals surface area (Å²) in [6.45, 7) is 4.45. The van der Waals surface area contributed by atoms with E-state index in [0.717, 1.165) is 18.4 Å². The Hall–Kier alpha value is -1.35. The lowest BCUT2D eigenvalue weighted by molar-refractivity contribution is -0.0305. The zero-order valence-electron chi connectivity index (χ0n) is 11.5. The standard InChI is InChI=1S/C16H21NO2/c1-10-6-5-9-14(11(10)2)17-15(18)12-7-3-4-8-13(12)16(17)19/h3-4,7-8,10-11,14-15,18H,5-6,9H2,1-2H3. The van der Waals surface area contributed by atoms with Gasteiger partial charge in [0.2, 0.25) is 0 Å². The van der Waals surface area contributed by atoms with Gasteiger partial charge in [0.15, 0.2) is 6.23 Å². The van der Waals surface area contributed by atoms with Gasteiger partial charge in [0, 0.05) is 17.2 Å². The largest absolute Gasteiger partial charge is 0.369 e. The molecule has 0 spiro atoms. The molecule has 1 aliphatic heterocycles. The van der Waals surface area contributed by atoms with Gasteiger partial charge in [0.05, 0.1) is 0 Å². The highest BCUT2D eigenvalue weighted by atomic mass is 16.3. The van der Waals surface area contributed by atoms with E-state index in [0.29, 0.717) is 17.4 Å². The minimum absolute atomic E-state index is 0.00551. The van der Waals surface area contributed by atoms with Crippen LogP contribution in [0.4, 0.5) is 0 Å². The highest BCUT2D eigenvalue weighted by molar-refractivity contribution is 5.99. The molecule has 3 nitrogen and oxygen atoms in total. The van der Waals surface area contributed by atoms with Crippen molar-refractivity contribution < 1.29 is 9.90 Å². The topological polar surface area (TPSA) is 40.5 Å². The second-order valence-electron chi connectivity index (χ2n) is 6.01. The third-order valence-electron chi connectivity index (χ3n) is 4.99. The maximum Gasteiger partial charge on any atom is 0.256 e. The minimum Gasteiger partial charge on any atom is -0.369 e. The van der Waals surface area contributed by atoms with Gasteiger partial charge in [-0.2, -0.15) is 0 Å². The molecule has 3 rings (SSSR count). The summed E-state index contributed by atoms with van der Waals surface area (Å²) < 4.78 is 0. The molecule has 1 aromatic rings. The Bertz CT molecular complexity index is 499. The predicted octanol–water partition coefficient (Wildman–Crippen LogP) is 2.96. The highest BCUT2D eigenvalue weighted by Crippen LogP contribution is 2.40. The van der Waals surface area contributed by atoms with E-state index in [2.05, 4.69) is 13.8 Å². The second-order valence-corrected chi connectivity index (χ2v) is 6.01. The van der Waals surface area contributed by atoms with Crippen LogP contribution in [0.1, 0.15) is 55.3 Å². The SMILES string of the molecule is CC1CCCC(N2C(=O)c3ccccc3C2O)C1C. The van der Waals surface area contributed by atoms with Crippen molar-refractivity contribution in [3.05, 3.63) is 35.4 Å². The zero-order chi connectivity index (χ0) is 13.6. The predicted molar refractivity (Wildman–Crippen MR) is 73.5 cm³/mol. The smallest absolute Gasteiger partial charge is 0.256 e. The van der Waals surface area contributed by atoms with Crippen molar-refractivity contribution >= 4 is 5.91 Å². The summed E-state index contributed by atoms with van der Waals surface area (Å²) in [6, 6.07) is 7.58. The Labute approximate surface area is 114 Å². The molecule has 102 valence electrons. The quantitative estimate of drug-likeness (QED) is 0.842. The van der Waals surface area contributed by atoms with Gasteiger partial charge in [0.1, 0.15) is 0 Å². The highest BCUT2D eigenvalue weighted by Gasteiger charge is 2.43. The van der Waals surface area contributed by atoms with Crippen LogP contribution < -0.4 is 0 Å². The number of amides is 1. The third-order valence-corrected chi connectivity index (χ3v) is 4.99. The van der Waals surface area contributed by atoms with Gasteiger partial charge >= 0.3 is 0 Å². The molecule has 3 heteroatoms. The van der Waals surface area contributed by atoms with E-state index in [9.17, 15) is 9.90 Å². The first-order chi connectivity index (χ1) is 9.11. The molecule has 1 fully saturated rings. The Morgan fingerprint density at radius 1 is 1.21 bits per heavy atom. The number of nitrogens with zero attached hydrogens (tertiary/aromatic N) is 1. The van der Waals surface area contributed by atoms with Gasteiger partial charge in [-0.1, -0.05) is 44.9 Å². The van der Waals surface area contributed by atoms with Gasteiger partial charge in [-0.05, 0) is 24.3 Å². The van der Waals surface area contributed by atoms with Crippen LogP contribution in [-0.2, 0) is 0 Å². The van der Waals surface area contributed by atoms with Crippen LogP contribution in [0.2, 0.25) is 0 Å². The van der Waals surface area contributed by atoms with E-state index in [1.807, 2.05) is 24.3 Å². The van der Waals surface area contributed by atoms with Crippen LogP contribution in [0.5, 0.6) is 0 Å². The fourth-order valence-corrected chi connectivity index (χ4v) is 3.60. The van der Waals surface area contributed by atoms with Crippen molar-refractivity contribution in [2.24, 2.45) is 11.8 Å². The molecular formula is C16H21NO2. The zero-order valence-corrected chi connectivity index (χ0v) is 11.5. The van der Waals surface area contributed by atoms with Crippen LogP contribution in [0.15, 0.2) is 24.3 Å². The first-order valence-electron chi connectivity index (χ1n) is 7.21. The summed E-state index contributed by atoms with van der Waals surface area (Å²) in [5, 5.41) is 10.5. The average Bonchev–Trinajstić information content (AvgIpc) is 2.67. The van der Waals surface area contributed by atoms with Gasteiger partial charge in [-0.15, -0.1) is 0 Å². The van der Waals surface area contributed by atoms with Crippen molar-refractivity contribution in [1.29, 1.82) is 0 Å². The minimum atomic E-state index is -0.763. The summed E-state index contributed by atoms with van der Waals surface area (Å²) in [6.07, 6.45) is 2.61. The molecule has 1 saturated carbocycles. The molecule has 1 aromatic carbocycles. The number of aliphatic hydroxyl groups excluding tert-OH is 1. The summed E-state index contributed by atoms with van der Waals surface area (Å²) in [4.78, 5) is 14.2. The lowest BCUT2D eigenvalue weighted by Crippen LogP contribution is -2.46. The maximum atomic E-state index is 12.5.